The van der Waals surface area contributed by atoms with Crippen LogP contribution in [0, 0.1) is 13.8 Å². The van der Waals surface area contributed by atoms with Crippen molar-refractivity contribution in [2.24, 2.45) is 0 Å². The maximum atomic E-state index is 12.6. The van der Waals surface area contributed by atoms with Gasteiger partial charge in [0.25, 0.3) is 5.24 Å². The highest BCUT2D eigenvalue weighted by Gasteiger charge is 2.42. The molecular formula is C19H26N2O2S. The van der Waals surface area contributed by atoms with Gasteiger partial charge >= 0.3 is 6.03 Å². The van der Waals surface area contributed by atoms with Crippen LogP contribution in [-0.2, 0) is 0 Å². The fraction of sp³-hybridized carbons (Fsp3) is 0.579. The van der Waals surface area contributed by atoms with Gasteiger partial charge in [0, 0.05) is 6.04 Å². The number of imide groups is 1. The molecule has 4 nitrogen and oxygen atoms in total. The van der Waals surface area contributed by atoms with E-state index in [2.05, 4.69) is 37.4 Å². The minimum atomic E-state index is -0.224. The normalized spacial score (nSPS) is 25.1. The Kier molecular flexibility index (Phi) is 5.18. The van der Waals surface area contributed by atoms with Crippen LogP contribution >= 0.6 is 11.8 Å². The SMILES string of the molecule is Cc1ccc([C@H]2SC(=O)N(C(=O)NC3CCCCC3)[C@@H]2C)cc1C. The van der Waals surface area contributed by atoms with Gasteiger partial charge in [0.05, 0.1) is 11.3 Å². The zero-order chi connectivity index (χ0) is 17.3. The Labute approximate surface area is 148 Å². The van der Waals surface area contributed by atoms with E-state index < -0.39 is 0 Å². The summed E-state index contributed by atoms with van der Waals surface area (Å²) < 4.78 is 0. The minimum absolute atomic E-state index is 0.00825. The topological polar surface area (TPSA) is 49.4 Å². The summed E-state index contributed by atoms with van der Waals surface area (Å²) in [5, 5.41) is 2.94. The lowest BCUT2D eigenvalue weighted by atomic mass is 9.95. The molecule has 130 valence electrons. The highest BCUT2D eigenvalue weighted by atomic mass is 32.2. The number of aryl methyl sites for hydroxylation is 2. The standard InChI is InChI=1S/C19H26N2O2S/c1-12-9-10-15(11-13(12)2)17-14(3)21(19(23)24-17)18(22)20-16-7-5-4-6-8-16/h9-11,14,16-17H,4-8H2,1-3H3,(H,20,22)/t14-,17+/m1/s1. The van der Waals surface area contributed by atoms with Crippen LogP contribution in [0.15, 0.2) is 18.2 Å². The third kappa shape index (κ3) is 3.46. The number of nitrogens with one attached hydrogen (secondary N) is 1. The third-order valence-electron chi connectivity index (χ3n) is 5.28. The van der Waals surface area contributed by atoms with E-state index in [9.17, 15) is 9.59 Å². The highest BCUT2D eigenvalue weighted by Crippen LogP contribution is 2.43. The van der Waals surface area contributed by atoms with Gasteiger partial charge < -0.3 is 5.32 Å². The Bertz CT molecular complexity index is 640. The summed E-state index contributed by atoms with van der Waals surface area (Å²) in [6.45, 7) is 6.14. The van der Waals surface area contributed by atoms with Gasteiger partial charge in [-0.1, -0.05) is 49.2 Å². The molecule has 1 saturated heterocycles. The van der Waals surface area contributed by atoms with Crippen molar-refractivity contribution in [3.8, 4) is 0 Å². The van der Waals surface area contributed by atoms with E-state index >= 15 is 0 Å². The van der Waals surface area contributed by atoms with Crippen molar-refractivity contribution >= 4 is 23.0 Å². The first-order chi connectivity index (χ1) is 11.5. The molecule has 0 unspecified atom stereocenters. The summed E-state index contributed by atoms with van der Waals surface area (Å²) in [6.07, 6.45) is 5.62. The van der Waals surface area contributed by atoms with E-state index in [4.69, 9.17) is 0 Å². The van der Waals surface area contributed by atoms with Crippen molar-refractivity contribution in [2.75, 3.05) is 0 Å². The van der Waals surface area contributed by atoms with Crippen LogP contribution in [-0.4, -0.2) is 28.3 Å². The number of rotatable bonds is 2. The van der Waals surface area contributed by atoms with Crippen molar-refractivity contribution in [3.63, 3.8) is 0 Å². The van der Waals surface area contributed by atoms with E-state index in [1.807, 2.05) is 6.92 Å². The quantitative estimate of drug-likeness (QED) is 0.825. The van der Waals surface area contributed by atoms with E-state index in [-0.39, 0.29) is 28.6 Å². The van der Waals surface area contributed by atoms with Crippen LogP contribution in [0.1, 0.15) is 61.0 Å². The fourth-order valence-corrected chi connectivity index (χ4v) is 4.79. The number of nitrogens with zero attached hydrogens (tertiary/aromatic N) is 1. The zero-order valence-electron chi connectivity index (χ0n) is 14.7. The molecule has 1 aromatic carbocycles. The highest BCUT2D eigenvalue weighted by molar-refractivity contribution is 8.14. The molecule has 5 heteroatoms. The number of hydrogen-bond donors (Lipinski definition) is 1. The van der Waals surface area contributed by atoms with Gasteiger partial charge in [-0.3, -0.25) is 9.69 Å². The van der Waals surface area contributed by atoms with Gasteiger partial charge in [-0.25, -0.2) is 4.79 Å². The largest absolute Gasteiger partial charge is 0.335 e. The Morgan fingerprint density at radius 1 is 1.17 bits per heavy atom. The molecule has 2 aliphatic rings. The number of carbonyl (C=O) groups is 2. The molecule has 2 fully saturated rings. The number of urea groups is 1. The zero-order valence-corrected chi connectivity index (χ0v) is 15.5. The van der Waals surface area contributed by atoms with Crippen LogP contribution in [0.3, 0.4) is 0 Å². The van der Waals surface area contributed by atoms with E-state index in [1.54, 1.807) is 0 Å². The summed E-state index contributed by atoms with van der Waals surface area (Å²) in [5.41, 5.74) is 3.59. The van der Waals surface area contributed by atoms with Crippen molar-refractivity contribution < 1.29 is 9.59 Å². The molecule has 1 aromatic rings. The summed E-state index contributed by atoms with van der Waals surface area (Å²) in [6, 6.07) is 6.17. The number of thioether (sulfide) groups is 1. The average molecular weight is 346 g/mol. The molecule has 0 spiro atoms. The first kappa shape index (κ1) is 17.3. The summed E-state index contributed by atoms with van der Waals surface area (Å²) in [5.74, 6) is 0. The lowest BCUT2D eigenvalue weighted by molar-refractivity contribution is 0.184. The molecule has 2 atom stereocenters. The van der Waals surface area contributed by atoms with Gasteiger partial charge in [-0.15, -0.1) is 0 Å². The number of hydrogen-bond acceptors (Lipinski definition) is 3. The monoisotopic (exact) mass is 346 g/mol. The Morgan fingerprint density at radius 2 is 1.88 bits per heavy atom. The molecule has 0 radical (unpaired) electrons. The Balaban J connectivity index is 1.72. The Morgan fingerprint density at radius 3 is 2.54 bits per heavy atom. The van der Waals surface area contributed by atoms with E-state index in [1.165, 1.54) is 34.2 Å². The van der Waals surface area contributed by atoms with Gasteiger partial charge in [0.2, 0.25) is 0 Å². The summed E-state index contributed by atoms with van der Waals surface area (Å²) in [4.78, 5) is 26.5. The molecule has 0 aromatic heterocycles. The number of amides is 3. The van der Waals surface area contributed by atoms with E-state index in [0.717, 1.165) is 31.2 Å². The van der Waals surface area contributed by atoms with Crippen molar-refractivity contribution in [3.05, 3.63) is 34.9 Å². The van der Waals surface area contributed by atoms with Gasteiger partial charge in [0.15, 0.2) is 0 Å². The van der Waals surface area contributed by atoms with E-state index in [0.29, 0.717) is 0 Å². The fourth-order valence-electron chi connectivity index (χ4n) is 3.61. The lowest BCUT2D eigenvalue weighted by Crippen LogP contribution is -2.48. The second-order valence-corrected chi connectivity index (χ2v) is 8.14. The Hall–Kier alpha value is -1.49. The van der Waals surface area contributed by atoms with Crippen LogP contribution in [0.25, 0.3) is 0 Å². The summed E-state index contributed by atoms with van der Waals surface area (Å²) in [7, 11) is 0. The van der Waals surface area contributed by atoms with Crippen molar-refractivity contribution in [1.29, 1.82) is 0 Å². The lowest BCUT2D eigenvalue weighted by Gasteiger charge is -2.27. The smallest absolute Gasteiger partial charge is 0.325 e. The molecule has 1 aliphatic carbocycles. The van der Waals surface area contributed by atoms with Crippen LogP contribution in [0.2, 0.25) is 0 Å². The first-order valence-corrected chi connectivity index (χ1v) is 9.73. The average Bonchev–Trinajstić information content (AvgIpc) is 2.86. The van der Waals surface area contributed by atoms with Gasteiger partial charge in [0.1, 0.15) is 0 Å². The molecule has 1 N–H and O–H groups in total. The molecule has 1 saturated carbocycles. The molecule has 3 amide bonds. The van der Waals surface area contributed by atoms with Crippen LogP contribution in [0.4, 0.5) is 9.59 Å². The molecule has 24 heavy (non-hydrogen) atoms. The van der Waals surface area contributed by atoms with Crippen LogP contribution < -0.4 is 5.32 Å². The second-order valence-electron chi connectivity index (χ2n) is 7.04. The van der Waals surface area contributed by atoms with Crippen molar-refractivity contribution in [2.45, 2.75) is 70.2 Å². The van der Waals surface area contributed by atoms with Gasteiger partial charge in [-0.2, -0.15) is 0 Å². The molecule has 3 rings (SSSR count). The second kappa shape index (κ2) is 7.18. The predicted octanol–water partition coefficient (Wildman–Crippen LogP) is 4.94. The van der Waals surface area contributed by atoms with Crippen molar-refractivity contribution in [1.82, 2.24) is 10.2 Å². The first-order valence-electron chi connectivity index (χ1n) is 8.85. The molecule has 1 aliphatic heterocycles. The maximum Gasteiger partial charge on any atom is 0.325 e. The number of carbonyl (C=O) groups excluding carboxylic acids is 2. The van der Waals surface area contributed by atoms with Crippen LogP contribution in [0.5, 0.6) is 0 Å². The third-order valence-corrected chi connectivity index (χ3v) is 6.60. The van der Waals surface area contributed by atoms with Gasteiger partial charge in [-0.05, 0) is 50.3 Å². The molecular weight excluding hydrogens is 320 g/mol. The minimum Gasteiger partial charge on any atom is -0.335 e. The molecule has 1 heterocycles. The maximum absolute atomic E-state index is 12.6. The predicted molar refractivity (Wildman–Crippen MR) is 98.3 cm³/mol. The molecule has 0 bridgehead atoms. The summed E-state index contributed by atoms with van der Waals surface area (Å²) >= 11 is 1.27. The number of benzene rings is 1.